The summed E-state index contributed by atoms with van der Waals surface area (Å²) in [5.74, 6) is 0.223. The fourth-order valence-corrected chi connectivity index (χ4v) is 3.69. The maximum Gasteiger partial charge on any atom is 0.320 e. The van der Waals surface area contributed by atoms with Crippen molar-refractivity contribution in [1.29, 1.82) is 0 Å². The van der Waals surface area contributed by atoms with Crippen molar-refractivity contribution in [2.24, 2.45) is 5.92 Å². The lowest BCUT2D eigenvalue weighted by molar-refractivity contribution is 0.135. The standard InChI is InChI=1S/C21H26FN3O/c1-4-16-10-11-25(21(26)24(3)14-15-12-23-13-15)20(19(16)5-2)17-6-8-18(22)9-7-17/h4-9,15,20,23H,1-2,10-14H2,3H3/t20-/m0/s1. The molecular formula is C21H26FN3O. The highest BCUT2D eigenvalue weighted by Crippen LogP contribution is 2.37. The van der Waals surface area contributed by atoms with Crippen LogP contribution in [0.2, 0.25) is 0 Å². The highest BCUT2D eigenvalue weighted by Gasteiger charge is 2.34. The summed E-state index contributed by atoms with van der Waals surface area (Å²) in [6.45, 7) is 11.1. The fourth-order valence-electron chi connectivity index (χ4n) is 3.69. The zero-order valence-corrected chi connectivity index (χ0v) is 15.2. The second kappa shape index (κ2) is 7.87. The van der Waals surface area contributed by atoms with Crippen LogP contribution in [0, 0.1) is 11.7 Å². The van der Waals surface area contributed by atoms with Crippen molar-refractivity contribution in [2.45, 2.75) is 12.5 Å². The van der Waals surface area contributed by atoms with Crippen LogP contribution in [-0.2, 0) is 0 Å². The molecule has 2 aliphatic heterocycles. The third-order valence-corrected chi connectivity index (χ3v) is 5.22. The Labute approximate surface area is 154 Å². The molecule has 0 unspecified atom stereocenters. The molecule has 26 heavy (non-hydrogen) atoms. The van der Waals surface area contributed by atoms with Crippen molar-refractivity contribution < 1.29 is 9.18 Å². The van der Waals surface area contributed by atoms with Gasteiger partial charge >= 0.3 is 6.03 Å². The average Bonchev–Trinajstić information content (AvgIpc) is 2.63. The molecule has 1 aromatic carbocycles. The van der Waals surface area contributed by atoms with Crippen LogP contribution in [0.1, 0.15) is 18.0 Å². The van der Waals surface area contributed by atoms with Gasteiger partial charge < -0.3 is 15.1 Å². The molecule has 2 amide bonds. The van der Waals surface area contributed by atoms with Crippen molar-refractivity contribution in [3.63, 3.8) is 0 Å². The first kappa shape index (κ1) is 18.4. The van der Waals surface area contributed by atoms with E-state index in [9.17, 15) is 9.18 Å². The number of urea groups is 1. The Morgan fingerprint density at radius 2 is 2.00 bits per heavy atom. The molecule has 138 valence electrons. The van der Waals surface area contributed by atoms with Crippen LogP contribution in [-0.4, -0.2) is 49.1 Å². The predicted octanol–water partition coefficient (Wildman–Crippen LogP) is 3.51. The number of carbonyl (C=O) groups excluding carboxylic acids is 1. The number of amides is 2. The van der Waals surface area contributed by atoms with Gasteiger partial charge in [-0.1, -0.05) is 37.4 Å². The smallest absolute Gasteiger partial charge is 0.320 e. The Bertz CT molecular complexity index is 721. The minimum Gasteiger partial charge on any atom is -0.327 e. The van der Waals surface area contributed by atoms with Crippen LogP contribution < -0.4 is 5.32 Å². The van der Waals surface area contributed by atoms with Gasteiger partial charge in [0.25, 0.3) is 0 Å². The van der Waals surface area contributed by atoms with Crippen molar-refractivity contribution in [3.8, 4) is 0 Å². The quantitative estimate of drug-likeness (QED) is 0.877. The number of nitrogens with zero attached hydrogens (tertiary/aromatic N) is 2. The van der Waals surface area contributed by atoms with Gasteiger partial charge in [0, 0.05) is 39.1 Å². The van der Waals surface area contributed by atoms with Crippen LogP contribution in [0.5, 0.6) is 0 Å². The topological polar surface area (TPSA) is 35.6 Å². The number of nitrogens with one attached hydrogen (secondary N) is 1. The van der Waals surface area contributed by atoms with Crippen molar-refractivity contribution in [3.05, 3.63) is 72.1 Å². The normalized spacial score (nSPS) is 20.5. The minimum absolute atomic E-state index is 0.00585. The molecule has 4 nitrogen and oxygen atoms in total. The Hall–Kier alpha value is -2.40. The first-order valence-electron chi connectivity index (χ1n) is 9.01. The largest absolute Gasteiger partial charge is 0.327 e. The van der Waals surface area contributed by atoms with E-state index in [1.165, 1.54) is 12.1 Å². The first-order chi connectivity index (χ1) is 12.5. The lowest BCUT2D eigenvalue weighted by Gasteiger charge is -2.41. The second-order valence-corrected chi connectivity index (χ2v) is 6.97. The Balaban J connectivity index is 1.92. The molecule has 0 radical (unpaired) electrons. The monoisotopic (exact) mass is 355 g/mol. The van der Waals surface area contributed by atoms with Crippen LogP contribution in [0.3, 0.4) is 0 Å². The van der Waals surface area contributed by atoms with Gasteiger partial charge in [0.2, 0.25) is 0 Å². The number of hydrogen-bond acceptors (Lipinski definition) is 2. The van der Waals surface area contributed by atoms with E-state index in [-0.39, 0.29) is 17.9 Å². The highest BCUT2D eigenvalue weighted by atomic mass is 19.1. The van der Waals surface area contributed by atoms with Gasteiger partial charge in [0.05, 0.1) is 6.04 Å². The van der Waals surface area contributed by atoms with Crippen LogP contribution >= 0.6 is 0 Å². The number of halogens is 1. The van der Waals surface area contributed by atoms with Crippen LogP contribution in [0.25, 0.3) is 0 Å². The van der Waals surface area contributed by atoms with Crippen molar-refractivity contribution in [1.82, 2.24) is 15.1 Å². The van der Waals surface area contributed by atoms with E-state index in [1.54, 1.807) is 23.1 Å². The average molecular weight is 355 g/mol. The molecule has 2 aliphatic rings. The number of benzene rings is 1. The Morgan fingerprint density at radius 1 is 1.31 bits per heavy atom. The Kier molecular flexibility index (Phi) is 5.57. The summed E-state index contributed by atoms with van der Waals surface area (Å²) in [5, 5.41) is 3.24. The summed E-state index contributed by atoms with van der Waals surface area (Å²) < 4.78 is 13.4. The van der Waals surface area contributed by atoms with Gasteiger partial charge in [0.15, 0.2) is 0 Å². The van der Waals surface area contributed by atoms with Gasteiger partial charge in [0.1, 0.15) is 5.82 Å². The van der Waals surface area contributed by atoms with Gasteiger partial charge in [-0.25, -0.2) is 9.18 Å². The molecule has 0 saturated carbocycles. The van der Waals surface area contributed by atoms with Gasteiger partial charge in [-0.3, -0.25) is 0 Å². The molecule has 0 spiro atoms. The molecule has 1 atom stereocenters. The van der Waals surface area contributed by atoms with E-state index >= 15 is 0 Å². The van der Waals surface area contributed by atoms with E-state index in [0.717, 1.165) is 42.8 Å². The third-order valence-electron chi connectivity index (χ3n) is 5.22. The minimum atomic E-state index is -0.287. The lowest BCUT2D eigenvalue weighted by Crippen LogP contribution is -2.52. The molecule has 0 aliphatic carbocycles. The van der Waals surface area contributed by atoms with E-state index in [1.807, 2.05) is 18.0 Å². The molecule has 1 N–H and O–H groups in total. The molecule has 0 aromatic heterocycles. The maximum atomic E-state index is 13.4. The summed E-state index contributed by atoms with van der Waals surface area (Å²) >= 11 is 0. The molecule has 1 fully saturated rings. The molecule has 3 rings (SSSR count). The zero-order valence-electron chi connectivity index (χ0n) is 15.2. The molecule has 1 saturated heterocycles. The SMILES string of the molecule is C=CC1=C(C=C)[C@H](c2ccc(F)cc2)N(C(=O)N(C)CC2CNC2)CC1. The first-order valence-corrected chi connectivity index (χ1v) is 9.01. The number of rotatable bonds is 5. The van der Waals surface area contributed by atoms with E-state index in [4.69, 9.17) is 0 Å². The molecule has 1 aromatic rings. The highest BCUT2D eigenvalue weighted by molar-refractivity contribution is 5.76. The fraction of sp³-hybridized carbons (Fsp3) is 0.381. The number of hydrogen-bond donors (Lipinski definition) is 1. The lowest BCUT2D eigenvalue weighted by atomic mass is 9.88. The van der Waals surface area contributed by atoms with Crippen LogP contribution in [0.4, 0.5) is 9.18 Å². The van der Waals surface area contributed by atoms with E-state index in [2.05, 4.69) is 18.5 Å². The van der Waals surface area contributed by atoms with Crippen molar-refractivity contribution >= 4 is 6.03 Å². The molecule has 0 bridgehead atoms. The molecular weight excluding hydrogens is 329 g/mol. The van der Waals surface area contributed by atoms with Crippen LogP contribution in [0.15, 0.2) is 60.7 Å². The van der Waals surface area contributed by atoms with E-state index < -0.39 is 0 Å². The Morgan fingerprint density at radius 3 is 2.54 bits per heavy atom. The third kappa shape index (κ3) is 3.58. The molecule has 2 heterocycles. The van der Waals surface area contributed by atoms with E-state index in [0.29, 0.717) is 12.5 Å². The number of carbonyl (C=O) groups is 1. The van der Waals surface area contributed by atoms with Gasteiger partial charge in [-0.2, -0.15) is 0 Å². The summed E-state index contributed by atoms with van der Waals surface area (Å²) in [5.41, 5.74) is 2.93. The number of allylic oxidation sites excluding steroid dienone is 1. The second-order valence-electron chi connectivity index (χ2n) is 6.97. The summed E-state index contributed by atoms with van der Waals surface area (Å²) in [4.78, 5) is 16.8. The zero-order chi connectivity index (χ0) is 18.7. The van der Waals surface area contributed by atoms with Crippen molar-refractivity contribution in [2.75, 3.05) is 33.2 Å². The molecule has 5 heteroatoms. The van der Waals surface area contributed by atoms with Gasteiger partial charge in [-0.05, 0) is 35.3 Å². The summed E-state index contributed by atoms with van der Waals surface area (Å²) in [6.07, 6.45) is 4.37. The van der Waals surface area contributed by atoms with Gasteiger partial charge in [-0.15, -0.1) is 0 Å². The maximum absolute atomic E-state index is 13.4. The summed E-state index contributed by atoms with van der Waals surface area (Å²) in [6, 6.07) is 6.07. The summed E-state index contributed by atoms with van der Waals surface area (Å²) in [7, 11) is 1.85. The predicted molar refractivity (Wildman–Crippen MR) is 102 cm³/mol.